The summed E-state index contributed by atoms with van der Waals surface area (Å²) in [5.41, 5.74) is 1.81. The molecule has 128 valence electrons. The normalized spacial score (nSPS) is 15.7. The van der Waals surface area contributed by atoms with E-state index in [1.165, 1.54) is 0 Å². The highest BCUT2D eigenvalue weighted by molar-refractivity contribution is 6.40. The molecule has 4 nitrogen and oxygen atoms in total. The number of hydrogen-bond acceptors (Lipinski definition) is 4. The highest BCUT2D eigenvalue weighted by Crippen LogP contribution is 2.32. The lowest BCUT2D eigenvalue weighted by Crippen LogP contribution is -2.46. The van der Waals surface area contributed by atoms with E-state index in [2.05, 4.69) is 25.8 Å². The van der Waals surface area contributed by atoms with Gasteiger partial charge in [-0.25, -0.2) is 4.98 Å². The lowest BCUT2D eigenvalue weighted by atomic mass is 10.1. The van der Waals surface area contributed by atoms with E-state index in [0.717, 1.165) is 55.0 Å². The first-order valence-corrected chi connectivity index (χ1v) is 9.08. The van der Waals surface area contributed by atoms with Gasteiger partial charge in [0.05, 0.1) is 15.6 Å². The molecule has 0 aliphatic carbocycles. The summed E-state index contributed by atoms with van der Waals surface area (Å²) in [5, 5.41) is 2.31. The third-order valence-corrected chi connectivity index (χ3v) is 5.33. The minimum absolute atomic E-state index is 0.701. The fourth-order valence-electron chi connectivity index (χ4n) is 3.25. The second-order valence-corrected chi connectivity index (χ2v) is 6.97. The van der Waals surface area contributed by atoms with Crippen molar-refractivity contribution in [3.8, 4) is 0 Å². The summed E-state index contributed by atoms with van der Waals surface area (Å²) in [4.78, 5) is 13.5. The van der Waals surface area contributed by atoms with Crippen molar-refractivity contribution < 1.29 is 0 Å². The number of rotatable bonds is 3. The lowest BCUT2D eigenvalue weighted by molar-refractivity contribution is 0.249. The fourth-order valence-corrected chi connectivity index (χ4v) is 3.80. The van der Waals surface area contributed by atoms with Gasteiger partial charge in [0.25, 0.3) is 0 Å². The molecule has 6 heteroatoms. The van der Waals surface area contributed by atoms with Gasteiger partial charge >= 0.3 is 0 Å². The predicted molar refractivity (Wildman–Crippen MR) is 103 cm³/mol. The summed E-state index contributed by atoms with van der Waals surface area (Å²) in [5.74, 6) is 1.04. The number of benzene rings is 1. The molecule has 0 amide bonds. The second-order valence-electron chi connectivity index (χ2n) is 6.18. The van der Waals surface area contributed by atoms with Gasteiger partial charge in [0.1, 0.15) is 5.82 Å². The minimum Gasteiger partial charge on any atom is -0.354 e. The maximum absolute atomic E-state index is 6.59. The Kier molecular flexibility index (Phi) is 4.75. The number of aromatic nitrogens is 2. The quantitative estimate of drug-likeness (QED) is 0.687. The Labute approximate surface area is 157 Å². The SMILES string of the molecule is Clc1cc(CN2CCN(c3ccccn3)CC2)c(Cl)c2ncccc12. The Balaban J connectivity index is 1.49. The molecule has 1 aromatic carbocycles. The summed E-state index contributed by atoms with van der Waals surface area (Å²) < 4.78 is 0. The Morgan fingerprint density at radius 2 is 1.72 bits per heavy atom. The fraction of sp³-hybridized carbons (Fsp3) is 0.263. The number of hydrogen-bond donors (Lipinski definition) is 0. The van der Waals surface area contributed by atoms with E-state index in [-0.39, 0.29) is 0 Å². The standard InChI is InChI=1S/C19H18Cl2N4/c20-16-12-14(18(21)19-15(16)4-3-7-23-19)13-24-8-10-25(11-9-24)17-5-1-2-6-22-17/h1-7,12H,8-11,13H2. The van der Waals surface area contributed by atoms with Gasteiger partial charge in [-0.2, -0.15) is 0 Å². The molecule has 0 spiro atoms. The van der Waals surface area contributed by atoms with Crippen molar-refractivity contribution in [3.63, 3.8) is 0 Å². The molecule has 0 bridgehead atoms. The Morgan fingerprint density at radius 1 is 0.920 bits per heavy atom. The van der Waals surface area contributed by atoms with E-state index in [1.807, 2.05) is 36.5 Å². The van der Waals surface area contributed by atoms with E-state index in [0.29, 0.717) is 10.0 Å². The van der Waals surface area contributed by atoms with Crippen LogP contribution in [-0.4, -0.2) is 41.0 Å². The molecule has 0 radical (unpaired) electrons. The van der Waals surface area contributed by atoms with Crippen molar-refractivity contribution >= 4 is 39.9 Å². The minimum atomic E-state index is 0.701. The van der Waals surface area contributed by atoms with Crippen molar-refractivity contribution in [1.82, 2.24) is 14.9 Å². The summed E-state index contributed by atoms with van der Waals surface area (Å²) in [7, 11) is 0. The van der Waals surface area contributed by atoms with Crippen LogP contribution in [0, 0.1) is 0 Å². The lowest BCUT2D eigenvalue weighted by Gasteiger charge is -2.35. The molecule has 1 saturated heterocycles. The first-order chi connectivity index (χ1) is 12.2. The highest BCUT2D eigenvalue weighted by Gasteiger charge is 2.20. The zero-order chi connectivity index (χ0) is 17.2. The Morgan fingerprint density at radius 3 is 2.48 bits per heavy atom. The van der Waals surface area contributed by atoms with Crippen LogP contribution in [0.15, 0.2) is 48.8 Å². The first-order valence-electron chi connectivity index (χ1n) is 8.32. The van der Waals surface area contributed by atoms with E-state index < -0.39 is 0 Å². The summed E-state index contributed by atoms with van der Waals surface area (Å²) in [6.45, 7) is 4.61. The van der Waals surface area contributed by atoms with Gasteiger partial charge in [0, 0.05) is 50.5 Å². The summed E-state index contributed by atoms with van der Waals surface area (Å²) in [6, 6.07) is 11.8. The average molecular weight is 373 g/mol. The molecule has 0 N–H and O–H groups in total. The first kappa shape index (κ1) is 16.6. The molecule has 4 rings (SSSR count). The monoisotopic (exact) mass is 372 g/mol. The van der Waals surface area contributed by atoms with Crippen LogP contribution in [0.5, 0.6) is 0 Å². The topological polar surface area (TPSA) is 32.3 Å². The molecule has 1 aliphatic rings. The number of piperazine rings is 1. The maximum Gasteiger partial charge on any atom is 0.128 e. The number of fused-ring (bicyclic) bond motifs is 1. The highest BCUT2D eigenvalue weighted by atomic mass is 35.5. The second kappa shape index (κ2) is 7.16. The van der Waals surface area contributed by atoms with E-state index in [4.69, 9.17) is 23.2 Å². The van der Waals surface area contributed by atoms with Gasteiger partial charge in [-0.1, -0.05) is 29.3 Å². The van der Waals surface area contributed by atoms with Crippen LogP contribution in [0.2, 0.25) is 10.0 Å². The van der Waals surface area contributed by atoms with Crippen LogP contribution < -0.4 is 4.90 Å². The van der Waals surface area contributed by atoms with Crippen LogP contribution in [0.3, 0.4) is 0 Å². The van der Waals surface area contributed by atoms with E-state index >= 15 is 0 Å². The molecular weight excluding hydrogens is 355 g/mol. The summed E-state index contributed by atoms with van der Waals surface area (Å²) in [6.07, 6.45) is 3.59. The van der Waals surface area contributed by atoms with Gasteiger partial charge in [-0.15, -0.1) is 0 Å². The van der Waals surface area contributed by atoms with Crippen LogP contribution in [0.1, 0.15) is 5.56 Å². The number of pyridine rings is 2. The van der Waals surface area contributed by atoms with Crippen LogP contribution in [0.4, 0.5) is 5.82 Å². The Hall–Kier alpha value is -1.88. The largest absolute Gasteiger partial charge is 0.354 e. The molecule has 2 aromatic heterocycles. The maximum atomic E-state index is 6.59. The third kappa shape index (κ3) is 3.43. The van der Waals surface area contributed by atoms with Gasteiger partial charge in [0.15, 0.2) is 0 Å². The number of nitrogens with zero attached hydrogens (tertiary/aromatic N) is 4. The van der Waals surface area contributed by atoms with E-state index in [9.17, 15) is 0 Å². The smallest absolute Gasteiger partial charge is 0.128 e. The van der Waals surface area contributed by atoms with Crippen molar-refractivity contribution in [2.75, 3.05) is 31.1 Å². The molecular formula is C19H18Cl2N4. The zero-order valence-electron chi connectivity index (χ0n) is 13.7. The van der Waals surface area contributed by atoms with Crippen LogP contribution in [0.25, 0.3) is 10.9 Å². The van der Waals surface area contributed by atoms with E-state index in [1.54, 1.807) is 6.20 Å². The van der Waals surface area contributed by atoms with Gasteiger partial charge in [-0.3, -0.25) is 9.88 Å². The molecule has 0 saturated carbocycles. The molecule has 3 heterocycles. The van der Waals surface area contributed by atoms with Crippen LogP contribution >= 0.6 is 23.2 Å². The molecule has 1 fully saturated rings. The third-order valence-electron chi connectivity index (χ3n) is 4.60. The van der Waals surface area contributed by atoms with Crippen molar-refractivity contribution in [2.45, 2.75) is 6.54 Å². The number of halogens is 2. The van der Waals surface area contributed by atoms with Gasteiger partial charge in [0.2, 0.25) is 0 Å². The molecule has 3 aromatic rings. The molecule has 0 atom stereocenters. The Bertz CT molecular complexity index is 877. The van der Waals surface area contributed by atoms with Gasteiger partial charge < -0.3 is 4.90 Å². The molecule has 1 aliphatic heterocycles. The molecule has 0 unspecified atom stereocenters. The van der Waals surface area contributed by atoms with Crippen molar-refractivity contribution in [2.24, 2.45) is 0 Å². The predicted octanol–water partition coefficient (Wildman–Crippen LogP) is 4.26. The van der Waals surface area contributed by atoms with Crippen molar-refractivity contribution in [1.29, 1.82) is 0 Å². The molecule has 25 heavy (non-hydrogen) atoms. The van der Waals surface area contributed by atoms with Gasteiger partial charge in [-0.05, 0) is 35.9 Å². The summed E-state index contributed by atoms with van der Waals surface area (Å²) >= 11 is 13.0. The average Bonchev–Trinajstić information content (AvgIpc) is 2.67. The van der Waals surface area contributed by atoms with Crippen molar-refractivity contribution in [3.05, 3.63) is 64.4 Å². The number of anilines is 1. The van der Waals surface area contributed by atoms with Crippen LogP contribution in [-0.2, 0) is 6.54 Å². The zero-order valence-corrected chi connectivity index (χ0v) is 15.2.